The fourth-order valence-corrected chi connectivity index (χ4v) is 2.48. The second kappa shape index (κ2) is 8.79. The summed E-state index contributed by atoms with van der Waals surface area (Å²) in [6.07, 6.45) is 0. The van der Waals surface area contributed by atoms with Gasteiger partial charge in [-0.15, -0.1) is 10.2 Å². The topological polar surface area (TPSA) is 79.2 Å². The molecule has 29 heavy (non-hydrogen) atoms. The van der Waals surface area contributed by atoms with Gasteiger partial charge in [0.2, 0.25) is 17.6 Å². The van der Waals surface area contributed by atoms with Crippen LogP contribution in [0.4, 0.5) is 0 Å². The fraction of sp³-hybridized carbons (Fsp3) is 0.0909. The average molecular weight is 386 g/mol. The van der Waals surface area contributed by atoms with E-state index in [1.165, 1.54) is 0 Å². The molecule has 0 atom stereocenters. The first-order valence-electron chi connectivity index (χ1n) is 9.01. The quantitative estimate of drug-likeness (QED) is 0.454. The molecule has 2 aromatic carbocycles. The van der Waals surface area contributed by atoms with Gasteiger partial charge in [-0.2, -0.15) is 9.97 Å². The summed E-state index contributed by atoms with van der Waals surface area (Å²) in [5, 5.41) is 8.03. The van der Waals surface area contributed by atoms with E-state index in [1.807, 2.05) is 67.6 Å². The normalized spacial score (nSPS) is 10.4. The lowest BCUT2D eigenvalue weighted by Gasteiger charge is -2.08. The molecule has 0 spiro atoms. The van der Waals surface area contributed by atoms with Crippen molar-refractivity contribution in [2.24, 2.45) is 0 Å². The Labute approximate surface area is 168 Å². The van der Waals surface area contributed by atoms with Gasteiger partial charge >= 0.3 is 6.01 Å². The minimum absolute atomic E-state index is 0.128. The Bertz CT molecular complexity index is 1060. The molecule has 0 bridgehead atoms. The maximum atomic E-state index is 5.74. The fourth-order valence-electron chi connectivity index (χ4n) is 2.48. The molecule has 2 aromatic heterocycles. The molecule has 0 aliphatic carbocycles. The van der Waals surface area contributed by atoms with Crippen molar-refractivity contribution in [1.82, 2.24) is 20.2 Å². The summed E-state index contributed by atoms with van der Waals surface area (Å²) in [5.74, 6) is 1.72. The van der Waals surface area contributed by atoms with Crippen LogP contribution < -0.4 is 14.2 Å². The van der Waals surface area contributed by atoms with Gasteiger partial charge in [-0.05, 0) is 24.6 Å². The van der Waals surface area contributed by atoms with Crippen molar-refractivity contribution in [2.75, 3.05) is 0 Å². The molecule has 7 heteroatoms. The number of nitrogens with zero attached hydrogens (tertiary/aromatic N) is 4. The average Bonchev–Trinajstić information content (AvgIpc) is 2.74. The van der Waals surface area contributed by atoms with E-state index >= 15 is 0 Å². The lowest BCUT2D eigenvalue weighted by Crippen LogP contribution is -2.01. The number of hydrogen-bond acceptors (Lipinski definition) is 7. The minimum Gasteiger partial charge on any atom is -0.472 e. The van der Waals surface area contributed by atoms with Gasteiger partial charge in [-0.3, -0.25) is 0 Å². The highest BCUT2D eigenvalue weighted by atomic mass is 16.5. The zero-order valence-corrected chi connectivity index (χ0v) is 15.7. The zero-order chi connectivity index (χ0) is 19.9. The van der Waals surface area contributed by atoms with Crippen LogP contribution in [0, 0.1) is 6.92 Å². The second-order valence-electron chi connectivity index (χ2n) is 6.13. The van der Waals surface area contributed by atoms with Crippen LogP contribution in [0.5, 0.6) is 29.4 Å². The van der Waals surface area contributed by atoms with Gasteiger partial charge in [0.1, 0.15) is 12.4 Å². The number of aryl methyl sites for hydroxylation is 1. The Kier molecular flexibility index (Phi) is 5.57. The summed E-state index contributed by atoms with van der Waals surface area (Å²) in [4.78, 5) is 8.52. The second-order valence-corrected chi connectivity index (χ2v) is 6.13. The first kappa shape index (κ1) is 18.4. The monoisotopic (exact) mass is 386 g/mol. The molecule has 0 amide bonds. The van der Waals surface area contributed by atoms with Gasteiger partial charge < -0.3 is 14.2 Å². The molecule has 0 radical (unpaired) electrons. The molecule has 4 rings (SSSR count). The van der Waals surface area contributed by atoms with Crippen molar-refractivity contribution in [3.63, 3.8) is 0 Å². The van der Waals surface area contributed by atoms with Crippen LogP contribution in [-0.4, -0.2) is 20.2 Å². The standard InChI is InChI=1S/C22H18N4O3/c1-16-14-21(28-18-10-6-3-7-11-18)24-22(23-16)29-20-13-12-19(25-26-20)27-15-17-8-4-2-5-9-17/h2-14H,15H2,1H3. The maximum Gasteiger partial charge on any atom is 0.326 e. The summed E-state index contributed by atoms with van der Waals surface area (Å²) in [6.45, 7) is 2.25. The van der Waals surface area contributed by atoms with Crippen molar-refractivity contribution < 1.29 is 14.2 Å². The first-order valence-corrected chi connectivity index (χ1v) is 9.01. The number of ether oxygens (including phenoxy) is 3. The Hall–Kier alpha value is -4.00. The van der Waals surface area contributed by atoms with E-state index in [0.29, 0.717) is 29.8 Å². The largest absolute Gasteiger partial charge is 0.472 e. The third-order valence-electron chi connectivity index (χ3n) is 3.82. The number of rotatable bonds is 7. The minimum atomic E-state index is 0.128. The van der Waals surface area contributed by atoms with Crippen LogP contribution in [-0.2, 0) is 6.61 Å². The van der Waals surface area contributed by atoms with E-state index in [2.05, 4.69) is 20.2 Å². The van der Waals surface area contributed by atoms with Crippen LogP contribution in [0.1, 0.15) is 11.3 Å². The molecule has 144 valence electrons. The molecule has 0 fully saturated rings. The highest BCUT2D eigenvalue weighted by molar-refractivity contribution is 5.29. The van der Waals surface area contributed by atoms with E-state index in [-0.39, 0.29) is 11.9 Å². The number of hydrogen-bond donors (Lipinski definition) is 0. The van der Waals surface area contributed by atoms with Crippen molar-refractivity contribution in [3.05, 3.63) is 90.1 Å². The Morgan fingerprint density at radius 3 is 2.10 bits per heavy atom. The van der Waals surface area contributed by atoms with E-state index in [1.54, 1.807) is 18.2 Å². The highest BCUT2D eigenvalue weighted by Gasteiger charge is 2.09. The molecule has 0 N–H and O–H groups in total. The SMILES string of the molecule is Cc1cc(Oc2ccccc2)nc(Oc2ccc(OCc3ccccc3)nn2)n1. The van der Waals surface area contributed by atoms with Crippen LogP contribution in [0.15, 0.2) is 78.9 Å². The molecule has 0 saturated carbocycles. The molecular formula is C22H18N4O3. The van der Waals surface area contributed by atoms with Gasteiger partial charge in [0.15, 0.2) is 0 Å². The lowest BCUT2D eigenvalue weighted by molar-refractivity contribution is 0.287. The molecular weight excluding hydrogens is 368 g/mol. The van der Waals surface area contributed by atoms with E-state index in [9.17, 15) is 0 Å². The summed E-state index contributed by atoms with van der Waals surface area (Å²) in [7, 11) is 0. The van der Waals surface area contributed by atoms with Gasteiger partial charge in [-0.25, -0.2) is 0 Å². The van der Waals surface area contributed by atoms with Gasteiger partial charge in [-0.1, -0.05) is 48.5 Å². The summed E-state index contributed by atoms with van der Waals surface area (Å²) in [5.41, 5.74) is 1.76. The van der Waals surface area contributed by atoms with Crippen molar-refractivity contribution in [3.8, 4) is 29.4 Å². The maximum absolute atomic E-state index is 5.74. The lowest BCUT2D eigenvalue weighted by atomic mass is 10.2. The molecule has 7 nitrogen and oxygen atoms in total. The van der Waals surface area contributed by atoms with Crippen LogP contribution >= 0.6 is 0 Å². The molecule has 4 aromatic rings. The number of aromatic nitrogens is 4. The molecule has 0 unspecified atom stereocenters. The van der Waals surface area contributed by atoms with Gasteiger partial charge in [0.25, 0.3) is 0 Å². The summed E-state index contributed by atoms with van der Waals surface area (Å²) >= 11 is 0. The molecule has 0 saturated heterocycles. The molecule has 0 aliphatic heterocycles. The predicted molar refractivity (Wildman–Crippen MR) is 106 cm³/mol. The Morgan fingerprint density at radius 2 is 1.38 bits per heavy atom. The third kappa shape index (κ3) is 5.26. The molecule has 2 heterocycles. The number of para-hydroxylation sites is 1. The van der Waals surface area contributed by atoms with Crippen LogP contribution in [0.2, 0.25) is 0 Å². The zero-order valence-electron chi connectivity index (χ0n) is 15.7. The van der Waals surface area contributed by atoms with Crippen molar-refractivity contribution in [2.45, 2.75) is 13.5 Å². The summed E-state index contributed by atoms with van der Waals surface area (Å²) < 4.78 is 17.0. The van der Waals surface area contributed by atoms with Crippen molar-refractivity contribution >= 4 is 0 Å². The van der Waals surface area contributed by atoms with E-state index in [0.717, 1.165) is 5.56 Å². The van der Waals surface area contributed by atoms with E-state index < -0.39 is 0 Å². The third-order valence-corrected chi connectivity index (χ3v) is 3.82. The Morgan fingerprint density at radius 1 is 0.690 bits per heavy atom. The van der Waals surface area contributed by atoms with Crippen LogP contribution in [0.3, 0.4) is 0 Å². The van der Waals surface area contributed by atoms with Crippen molar-refractivity contribution in [1.29, 1.82) is 0 Å². The highest BCUT2D eigenvalue weighted by Crippen LogP contribution is 2.23. The first-order chi connectivity index (χ1) is 14.2. The summed E-state index contributed by atoms with van der Waals surface area (Å²) in [6, 6.07) is 24.4. The van der Waals surface area contributed by atoms with E-state index in [4.69, 9.17) is 14.2 Å². The van der Waals surface area contributed by atoms with Gasteiger partial charge in [0.05, 0.1) is 0 Å². The van der Waals surface area contributed by atoms with Gasteiger partial charge in [0, 0.05) is 23.9 Å². The predicted octanol–water partition coefficient (Wildman–Crippen LogP) is 4.74. The Balaban J connectivity index is 1.41. The number of benzene rings is 2. The van der Waals surface area contributed by atoms with Crippen LogP contribution in [0.25, 0.3) is 0 Å². The molecule has 0 aliphatic rings. The smallest absolute Gasteiger partial charge is 0.326 e.